The van der Waals surface area contributed by atoms with Crippen molar-refractivity contribution in [2.24, 2.45) is 0 Å². The van der Waals surface area contributed by atoms with Gasteiger partial charge in [-0.25, -0.2) is 4.79 Å². The number of thiocarbonyl (C=S) groups is 1. The number of hydrogen-bond donors (Lipinski definition) is 5. The van der Waals surface area contributed by atoms with Gasteiger partial charge in [0.2, 0.25) is 0 Å². The molecule has 11 nitrogen and oxygen atoms in total. The van der Waals surface area contributed by atoms with Gasteiger partial charge in [0.25, 0.3) is 5.91 Å². The fourth-order valence-electron chi connectivity index (χ4n) is 9.40. The number of hydrogen-bond acceptors (Lipinski definition) is 9. The molecule has 0 fully saturated rings. The van der Waals surface area contributed by atoms with Crippen LogP contribution >= 0.6 is 12.2 Å². The van der Waals surface area contributed by atoms with Crippen molar-refractivity contribution in [2.45, 2.75) is 175 Å². The Balaban J connectivity index is 1.11. The number of carbonyl (C=O) groups is 2. The lowest BCUT2D eigenvalue weighted by Gasteiger charge is -2.41. The van der Waals surface area contributed by atoms with Crippen LogP contribution in [-0.2, 0) is 30.7 Å². The Morgan fingerprint density at radius 1 is 0.762 bits per heavy atom. The molecule has 0 saturated heterocycles. The maximum absolute atomic E-state index is 13.8. The minimum atomic E-state index is -1.06. The molecule has 0 aromatic heterocycles. The number of phenolic OH excluding ortho intramolecular Hbond substituents is 2. The van der Waals surface area contributed by atoms with Gasteiger partial charge in [-0.05, 0) is 132 Å². The topological polar surface area (TPSA) is 160 Å². The second kappa shape index (κ2) is 19.6. The van der Waals surface area contributed by atoms with Crippen LogP contribution in [0.25, 0.3) is 0 Å². The lowest BCUT2D eigenvalue weighted by molar-refractivity contribution is -0.142. The third kappa shape index (κ3) is 10.5. The normalized spacial score (nSPS) is 23.3. The molecule has 1 amide bonds. The van der Waals surface area contributed by atoms with Crippen LogP contribution in [0.5, 0.6) is 23.0 Å². The van der Waals surface area contributed by atoms with Crippen molar-refractivity contribution >= 4 is 29.1 Å². The molecule has 0 radical (unpaired) electrons. The molecule has 5 N–H and O–H groups in total. The van der Waals surface area contributed by atoms with Gasteiger partial charge in [0.05, 0.1) is 24.3 Å². The summed E-state index contributed by atoms with van der Waals surface area (Å²) in [5.41, 5.74) is 6.48. The minimum Gasteiger partial charge on any atom is -0.508 e. The number of ether oxygens (including phenoxy) is 2. The first-order chi connectivity index (χ1) is 29.7. The standard InChI is InChI=1S/C51H68N2O9S/c1-30(2)14-9-16-32(5)18-11-21-50(7)43(56)26-36-41(54)24-34-38(45(36)61-50)28-52(47(34)58)23-13-20-40(49(59)60)53-29-39-35(48(53)63)25-42(55)37-27-44(57)51(8,62-46(37)39)22-12-19-33(6)17-10-15-31(3)4/h14-15,18-19,24-25,40,43-44,54-57H,9-13,16-17,20-23,26-29H2,1-8H3,(H,59,60)/b32-18+,33-19+/t40-,43-,44-,50+,51+/m0/s1. The van der Waals surface area contributed by atoms with E-state index in [4.69, 9.17) is 21.7 Å². The molecule has 2 aromatic carbocycles. The molecule has 5 atom stereocenters. The number of carboxylic acids is 1. The van der Waals surface area contributed by atoms with E-state index in [0.717, 1.165) is 25.7 Å². The Hall–Kier alpha value is -4.65. The number of allylic oxidation sites excluding steroid dienone is 8. The van der Waals surface area contributed by atoms with E-state index < -0.39 is 35.4 Å². The lowest BCUT2D eigenvalue weighted by atomic mass is 9.84. The predicted molar refractivity (Wildman–Crippen MR) is 250 cm³/mol. The second-order valence-electron chi connectivity index (χ2n) is 19.2. The minimum absolute atomic E-state index is 0.0484. The molecule has 4 aliphatic heterocycles. The maximum atomic E-state index is 13.8. The Labute approximate surface area is 378 Å². The molecule has 63 heavy (non-hydrogen) atoms. The maximum Gasteiger partial charge on any atom is 0.326 e. The molecule has 4 heterocycles. The number of nitrogens with zero attached hydrogens (tertiary/aromatic N) is 2. The van der Waals surface area contributed by atoms with Crippen molar-refractivity contribution < 1.29 is 44.6 Å². The van der Waals surface area contributed by atoms with Crippen molar-refractivity contribution in [1.29, 1.82) is 0 Å². The Kier molecular flexibility index (Phi) is 14.9. The predicted octanol–water partition coefficient (Wildman–Crippen LogP) is 9.53. The number of rotatable bonds is 18. The van der Waals surface area contributed by atoms with Gasteiger partial charge in [-0.2, -0.15) is 0 Å². The smallest absolute Gasteiger partial charge is 0.326 e. The molecule has 0 spiro atoms. The zero-order valence-corrected chi connectivity index (χ0v) is 39.3. The summed E-state index contributed by atoms with van der Waals surface area (Å²) < 4.78 is 13.2. The van der Waals surface area contributed by atoms with Crippen LogP contribution in [0.2, 0.25) is 0 Å². The van der Waals surface area contributed by atoms with Crippen LogP contribution in [-0.4, -0.2) is 88.2 Å². The number of aromatic hydroxyl groups is 2. The Bertz CT molecular complexity index is 2230. The van der Waals surface area contributed by atoms with Gasteiger partial charge >= 0.3 is 5.97 Å². The van der Waals surface area contributed by atoms with Crippen LogP contribution in [0.3, 0.4) is 0 Å². The summed E-state index contributed by atoms with van der Waals surface area (Å²) in [6.07, 6.45) is 14.4. The Morgan fingerprint density at radius 3 is 1.71 bits per heavy atom. The van der Waals surface area contributed by atoms with E-state index >= 15 is 0 Å². The highest BCUT2D eigenvalue weighted by Gasteiger charge is 2.46. The van der Waals surface area contributed by atoms with E-state index in [9.17, 15) is 35.1 Å². The molecule has 0 bridgehead atoms. The van der Waals surface area contributed by atoms with Gasteiger partial charge in [-0.1, -0.05) is 58.8 Å². The van der Waals surface area contributed by atoms with Crippen molar-refractivity contribution in [3.63, 3.8) is 0 Å². The summed E-state index contributed by atoms with van der Waals surface area (Å²) in [6, 6.07) is 2.00. The number of aliphatic hydroxyl groups is 2. The van der Waals surface area contributed by atoms with Crippen molar-refractivity contribution in [3.8, 4) is 23.0 Å². The number of amides is 1. The fourth-order valence-corrected chi connectivity index (χ4v) is 9.77. The number of aliphatic hydroxyl groups excluding tert-OH is 2. The average Bonchev–Trinajstić information content (AvgIpc) is 3.69. The average molecular weight is 885 g/mol. The van der Waals surface area contributed by atoms with Crippen molar-refractivity contribution in [3.05, 3.63) is 92.1 Å². The molecule has 0 unspecified atom stereocenters. The SMILES string of the molecule is CC(C)=CCC/C(C)=C/CC[C@@]1(C)Oc2c(c(O)cc3c2CN(CCC[C@@H](C(=O)O)N2Cc4c(cc(O)c5c4O[C@](C)(CC/C=C(\C)CCC=C(C)C)[C@@H](O)C5)C2=S)C3=O)C[C@@H]1O. The first-order valence-corrected chi connectivity index (χ1v) is 23.0. The number of fused-ring (bicyclic) bond motifs is 6. The zero-order valence-electron chi connectivity index (χ0n) is 38.5. The Morgan fingerprint density at radius 2 is 1.24 bits per heavy atom. The molecule has 0 saturated carbocycles. The van der Waals surface area contributed by atoms with Crippen molar-refractivity contribution in [2.75, 3.05) is 6.54 Å². The van der Waals surface area contributed by atoms with Crippen molar-refractivity contribution in [1.82, 2.24) is 9.80 Å². The van der Waals surface area contributed by atoms with E-state index in [0.29, 0.717) is 82.0 Å². The molecule has 6 rings (SSSR count). The van der Waals surface area contributed by atoms with Crippen LogP contribution in [0.4, 0.5) is 0 Å². The zero-order chi connectivity index (χ0) is 46.0. The first-order valence-electron chi connectivity index (χ1n) is 22.6. The number of aliphatic carboxylic acids is 1. The summed E-state index contributed by atoms with van der Waals surface area (Å²) in [4.78, 5) is 30.3. The molecule has 342 valence electrons. The summed E-state index contributed by atoms with van der Waals surface area (Å²) in [5.74, 6) is -0.573. The third-order valence-corrected chi connectivity index (χ3v) is 14.0. The van der Waals surface area contributed by atoms with E-state index in [1.165, 1.54) is 28.4 Å². The highest BCUT2D eigenvalue weighted by molar-refractivity contribution is 7.80. The fraction of sp³-hybridized carbons (Fsp3) is 0.549. The van der Waals surface area contributed by atoms with E-state index in [1.807, 2.05) is 13.8 Å². The summed E-state index contributed by atoms with van der Waals surface area (Å²) >= 11 is 5.88. The van der Waals surface area contributed by atoms with E-state index in [2.05, 4.69) is 65.8 Å². The number of carbonyl (C=O) groups excluding carboxylic acids is 1. The van der Waals surface area contributed by atoms with Gasteiger partial charge in [0, 0.05) is 53.7 Å². The highest BCUT2D eigenvalue weighted by Crippen LogP contribution is 2.48. The number of benzene rings is 2. The highest BCUT2D eigenvalue weighted by atomic mass is 32.1. The molecular weight excluding hydrogens is 817 g/mol. The number of carboxylic acid groups (broad SMARTS) is 1. The molecule has 4 aliphatic rings. The number of phenols is 2. The summed E-state index contributed by atoms with van der Waals surface area (Å²) in [5, 5.41) is 55.3. The lowest BCUT2D eigenvalue weighted by Crippen LogP contribution is -2.49. The quantitative estimate of drug-likeness (QED) is 0.0717. The van der Waals surface area contributed by atoms with Gasteiger partial charge in [-0.3, -0.25) is 4.79 Å². The summed E-state index contributed by atoms with van der Waals surface area (Å²) in [6.45, 7) is 17.0. The molecular formula is C51H68N2O9S. The van der Waals surface area contributed by atoms with Crippen LogP contribution in [0.15, 0.2) is 58.7 Å². The van der Waals surface area contributed by atoms with Gasteiger partial charge in [0.15, 0.2) is 0 Å². The van der Waals surface area contributed by atoms with Crippen LogP contribution < -0.4 is 9.47 Å². The van der Waals surface area contributed by atoms with Gasteiger partial charge in [-0.15, -0.1) is 0 Å². The first kappa shape index (κ1) is 47.8. The molecule has 2 aromatic rings. The van der Waals surface area contributed by atoms with Crippen LogP contribution in [0, 0.1) is 0 Å². The largest absolute Gasteiger partial charge is 0.508 e. The van der Waals surface area contributed by atoms with Crippen LogP contribution in [0.1, 0.15) is 158 Å². The second-order valence-corrected chi connectivity index (χ2v) is 19.6. The van der Waals surface area contributed by atoms with Gasteiger partial charge < -0.3 is 44.8 Å². The van der Waals surface area contributed by atoms with E-state index in [1.54, 1.807) is 15.9 Å². The summed E-state index contributed by atoms with van der Waals surface area (Å²) in [7, 11) is 0. The third-order valence-electron chi connectivity index (χ3n) is 13.5. The molecule has 12 heteroatoms. The van der Waals surface area contributed by atoms with Gasteiger partial charge in [0.1, 0.15) is 45.2 Å². The molecule has 0 aliphatic carbocycles. The monoisotopic (exact) mass is 884 g/mol. The van der Waals surface area contributed by atoms with E-state index in [-0.39, 0.29) is 56.3 Å².